The first kappa shape index (κ1) is 11.8. The van der Waals surface area contributed by atoms with Crippen LogP contribution in [0.2, 0.25) is 5.02 Å². The molecule has 0 amide bonds. The van der Waals surface area contributed by atoms with E-state index in [0.717, 1.165) is 29.0 Å². The van der Waals surface area contributed by atoms with Crippen molar-refractivity contribution in [3.8, 4) is 0 Å². The number of halogens is 2. The normalized spacial score (nSPS) is 10.1. The van der Waals surface area contributed by atoms with Crippen LogP contribution in [0, 0.1) is 0 Å². The highest BCUT2D eigenvalue weighted by Crippen LogP contribution is 2.10. The van der Waals surface area contributed by atoms with E-state index < -0.39 is 0 Å². The molecule has 1 aromatic rings. The fourth-order valence-electron chi connectivity index (χ4n) is 1.15. The lowest BCUT2D eigenvalue weighted by molar-refractivity contribution is 0.742. The molecule has 0 unspecified atom stereocenters. The molecule has 1 nitrogen and oxygen atoms in total. The van der Waals surface area contributed by atoms with Gasteiger partial charge in [-0.15, -0.1) is 0 Å². The minimum atomic E-state index is 0.799. The van der Waals surface area contributed by atoms with Gasteiger partial charge in [-0.05, 0) is 30.7 Å². The Labute approximate surface area is 98.3 Å². The average molecular weight is 275 g/mol. The van der Waals surface area contributed by atoms with Crippen molar-refractivity contribution in [1.82, 2.24) is 5.32 Å². The van der Waals surface area contributed by atoms with Gasteiger partial charge in [0.25, 0.3) is 0 Å². The van der Waals surface area contributed by atoms with Crippen LogP contribution in [0.5, 0.6) is 0 Å². The van der Waals surface area contributed by atoms with Crippen molar-refractivity contribution in [3.63, 3.8) is 0 Å². The van der Waals surface area contributed by atoms with Crippen molar-refractivity contribution in [3.05, 3.63) is 45.9 Å². The highest BCUT2D eigenvalue weighted by molar-refractivity contribution is 9.11. The molecule has 1 rings (SSSR count). The highest BCUT2D eigenvalue weighted by atomic mass is 79.9. The van der Waals surface area contributed by atoms with Gasteiger partial charge in [-0.25, -0.2) is 0 Å². The van der Waals surface area contributed by atoms with Gasteiger partial charge in [-0.1, -0.05) is 46.2 Å². The minimum Gasteiger partial charge on any atom is -0.312 e. The largest absolute Gasteiger partial charge is 0.312 e. The first-order valence-corrected chi connectivity index (χ1v) is 5.64. The number of hydrogen-bond acceptors (Lipinski definition) is 1. The van der Waals surface area contributed by atoms with Crippen LogP contribution in [0.15, 0.2) is 35.3 Å². The van der Waals surface area contributed by atoms with Gasteiger partial charge in [0.2, 0.25) is 0 Å². The van der Waals surface area contributed by atoms with Crippen LogP contribution in [0.4, 0.5) is 0 Å². The van der Waals surface area contributed by atoms with Crippen molar-refractivity contribution in [2.24, 2.45) is 0 Å². The summed E-state index contributed by atoms with van der Waals surface area (Å²) in [5.74, 6) is 0. The smallest absolute Gasteiger partial charge is 0.0408 e. The van der Waals surface area contributed by atoms with Crippen LogP contribution >= 0.6 is 27.5 Å². The molecule has 0 bridgehead atoms. The third-order valence-corrected chi connectivity index (χ3v) is 2.31. The predicted molar refractivity (Wildman–Crippen MR) is 66.1 cm³/mol. The van der Waals surface area contributed by atoms with E-state index in [1.54, 1.807) is 0 Å². The fraction of sp³-hybridized carbons (Fsp3) is 0.273. The van der Waals surface area contributed by atoms with E-state index in [1.807, 2.05) is 18.2 Å². The highest BCUT2D eigenvalue weighted by Gasteiger charge is 1.94. The topological polar surface area (TPSA) is 12.0 Å². The second kappa shape index (κ2) is 6.23. The third kappa shape index (κ3) is 4.80. The molecule has 0 atom stereocenters. The SMILES string of the molecule is C=C(Br)CNCCc1cccc(Cl)c1. The van der Waals surface area contributed by atoms with Gasteiger partial charge >= 0.3 is 0 Å². The van der Waals surface area contributed by atoms with Crippen molar-refractivity contribution in [1.29, 1.82) is 0 Å². The monoisotopic (exact) mass is 273 g/mol. The quantitative estimate of drug-likeness (QED) is 0.812. The molecule has 0 spiro atoms. The van der Waals surface area contributed by atoms with Crippen LogP contribution in [0.3, 0.4) is 0 Å². The second-order valence-electron chi connectivity index (χ2n) is 3.07. The second-order valence-corrected chi connectivity index (χ2v) is 4.63. The zero-order valence-electron chi connectivity index (χ0n) is 7.89. The lowest BCUT2D eigenvalue weighted by Crippen LogP contribution is -2.18. The van der Waals surface area contributed by atoms with E-state index in [-0.39, 0.29) is 0 Å². The van der Waals surface area contributed by atoms with Crippen molar-refractivity contribution in [2.45, 2.75) is 6.42 Å². The van der Waals surface area contributed by atoms with Gasteiger partial charge in [-0.3, -0.25) is 0 Å². The molecule has 3 heteroatoms. The lowest BCUT2D eigenvalue weighted by Gasteiger charge is -2.03. The van der Waals surface area contributed by atoms with Gasteiger partial charge in [0.1, 0.15) is 0 Å². The molecule has 76 valence electrons. The zero-order valence-corrected chi connectivity index (χ0v) is 10.2. The summed E-state index contributed by atoms with van der Waals surface area (Å²) in [6.45, 7) is 5.49. The van der Waals surface area contributed by atoms with Crippen LogP contribution in [-0.2, 0) is 6.42 Å². The first-order valence-electron chi connectivity index (χ1n) is 4.47. The summed E-state index contributed by atoms with van der Waals surface area (Å²) in [5, 5.41) is 4.06. The molecule has 14 heavy (non-hydrogen) atoms. The zero-order chi connectivity index (χ0) is 10.4. The maximum absolute atomic E-state index is 5.87. The summed E-state index contributed by atoms with van der Waals surface area (Å²) >= 11 is 9.16. The molecule has 0 aromatic heterocycles. The number of nitrogens with one attached hydrogen (secondary N) is 1. The molecule has 0 aliphatic heterocycles. The Kier molecular flexibility index (Phi) is 5.23. The molecule has 1 N–H and O–H groups in total. The summed E-state index contributed by atoms with van der Waals surface area (Å²) in [4.78, 5) is 0. The van der Waals surface area contributed by atoms with E-state index in [0.29, 0.717) is 0 Å². The molecular weight excluding hydrogens is 261 g/mol. The van der Waals surface area contributed by atoms with Crippen molar-refractivity contribution in [2.75, 3.05) is 13.1 Å². The van der Waals surface area contributed by atoms with E-state index >= 15 is 0 Å². The number of hydrogen-bond donors (Lipinski definition) is 1. The van der Waals surface area contributed by atoms with Gasteiger partial charge in [-0.2, -0.15) is 0 Å². The average Bonchev–Trinajstić information content (AvgIpc) is 2.12. The van der Waals surface area contributed by atoms with Gasteiger partial charge < -0.3 is 5.32 Å². The van der Waals surface area contributed by atoms with Crippen LogP contribution < -0.4 is 5.32 Å². The fourth-order valence-corrected chi connectivity index (χ4v) is 1.56. The number of benzene rings is 1. The molecule has 0 saturated heterocycles. The molecule has 0 aliphatic carbocycles. The van der Waals surface area contributed by atoms with Gasteiger partial charge in [0.05, 0.1) is 0 Å². The lowest BCUT2D eigenvalue weighted by atomic mass is 10.1. The third-order valence-electron chi connectivity index (χ3n) is 1.80. The maximum Gasteiger partial charge on any atom is 0.0408 e. The molecular formula is C11H13BrClN. The van der Waals surface area contributed by atoms with Crippen molar-refractivity contribution >= 4 is 27.5 Å². The Morgan fingerprint density at radius 2 is 2.29 bits per heavy atom. The summed E-state index contributed by atoms with van der Waals surface area (Å²) in [6, 6.07) is 7.93. The Hall–Kier alpha value is -0.310. The van der Waals surface area contributed by atoms with Crippen molar-refractivity contribution < 1.29 is 0 Å². The Balaban J connectivity index is 2.28. The molecule has 0 fully saturated rings. The Morgan fingerprint density at radius 1 is 1.50 bits per heavy atom. The summed E-state index contributed by atoms with van der Waals surface area (Å²) in [7, 11) is 0. The Morgan fingerprint density at radius 3 is 2.93 bits per heavy atom. The Bertz CT molecular complexity index is 312. The van der Waals surface area contributed by atoms with Gasteiger partial charge in [0, 0.05) is 16.0 Å². The van der Waals surface area contributed by atoms with E-state index in [1.165, 1.54) is 5.56 Å². The van der Waals surface area contributed by atoms with E-state index in [4.69, 9.17) is 11.6 Å². The predicted octanol–water partition coefficient (Wildman–Crippen LogP) is 3.38. The summed E-state index contributed by atoms with van der Waals surface area (Å²) in [5.41, 5.74) is 1.25. The maximum atomic E-state index is 5.87. The van der Waals surface area contributed by atoms with Crippen LogP contribution in [0.1, 0.15) is 5.56 Å². The summed E-state index contributed by atoms with van der Waals surface area (Å²) in [6.07, 6.45) is 0.987. The molecule has 0 heterocycles. The number of rotatable bonds is 5. The molecule has 0 radical (unpaired) electrons. The van der Waals surface area contributed by atoms with E-state index in [9.17, 15) is 0 Å². The van der Waals surface area contributed by atoms with E-state index in [2.05, 4.69) is 33.9 Å². The first-order chi connectivity index (χ1) is 6.68. The van der Waals surface area contributed by atoms with Crippen LogP contribution in [-0.4, -0.2) is 13.1 Å². The van der Waals surface area contributed by atoms with Crippen LogP contribution in [0.25, 0.3) is 0 Å². The molecule has 1 aromatic carbocycles. The standard InChI is InChI=1S/C11H13BrClN/c1-9(12)8-14-6-5-10-3-2-4-11(13)7-10/h2-4,7,14H,1,5-6,8H2. The minimum absolute atomic E-state index is 0.799. The van der Waals surface area contributed by atoms with Gasteiger partial charge in [0.15, 0.2) is 0 Å². The molecule has 0 saturated carbocycles. The summed E-state index contributed by atoms with van der Waals surface area (Å²) < 4.78 is 0.976. The molecule has 0 aliphatic rings.